The number of hydrogen-bond acceptors (Lipinski definition) is 6. The minimum atomic E-state index is -0.272. The van der Waals surface area contributed by atoms with Crippen molar-refractivity contribution >= 4 is 28.4 Å². The zero-order valence-electron chi connectivity index (χ0n) is 23.3. The van der Waals surface area contributed by atoms with E-state index in [0.717, 1.165) is 36.2 Å². The molecule has 0 saturated carbocycles. The Morgan fingerprint density at radius 3 is 2.35 bits per heavy atom. The van der Waals surface area contributed by atoms with E-state index in [2.05, 4.69) is 20.5 Å². The van der Waals surface area contributed by atoms with Crippen LogP contribution in [0.2, 0.25) is 0 Å². The van der Waals surface area contributed by atoms with Crippen LogP contribution < -0.4 is 20.1 Å². The largest absolute Gasteiger partial charge is 0.492 e. The van der Waals surface area contributed by atoms with Gasteiger partial charge in [0.15, 0.2) is 0 Å². The Hall–Kier alpha value is -4.43. The van der Waals surface area contributed by atoms with Crippen molar-refractivity contribution in [3.8, 4) is 17.2 Å². The maximum absolute atomic E-state index is 12.8. The molecule has 1 aliphatic rings. The van der Waals surface area contributed by atoms with Crippen molar-refractivity contribution < 1.29 is 19.1 Å². The summed E-state index contributed by atoms with van der Waals surface area (Å²) >= 11 is 0. The Morgan fingerprint density at radius 1 is 0.875 bits per heavy atom. The first-order valence-corrected chi connectivity index (χ1v) is 13.7. The van der Waals surface area contributed by atoms with Gasteiger partial charge < -0.3 is 20.1 Å². The van der Waals surface area contributed by atoms with Gasteiger partial charge >= 0.3 is 0 Å². The number of aromatic nitrogens is 1. The Balaban J connectivity index is 0.00000181. The first kappa shape index (κ1) is 28.6. The first-order chi connectivity index (χ1) is 19.6. The number of nitrogens with one attached hydrogen (secondary N) is 2. The summed E-state index contributed by atoms with van der Waals surface area (Å²) in [6, 6.07) is 21.6. The lowest BCUT2D eigenvalue weighted by atomic mass is 10.0. The zero-order valence-corrected chi connectivity index (χ0v) is 23.3. The van der Waals surface area contributed by atoms with Crippen molar-refractivity contribution in [2.24, 2.45) is 0 Å². The third-order valence-corrected chi connectivity index (χ3v) is 6.52. The summed E-state index contributed by atoms with van der Waals surface area (Å²) in [6.45, 7) is 7.84. The fourth-order valence-corrected chi connectivity index (χ4v) is 4.53. The van der Waals surface area contributed by atoms with E-state index >= 15 is 0 Å². The molecule has 5 rings (SSSR count). The molecule has 2 heterocycles. The van der Waals surface area contributed by atoms with Crippen LogP contribution in [0.4, 0.5) is 5.82 Å². The number of pyridine rings is 1. The Morgan fingerprint density at radius 2 is 1.60 bits per heavy atom. The number of nitrogens with zero attached hydrogens (tertiary/aromatic N) is 2. The topological polar surface area (TPSA) is 92.8 Å². The van der Waals surface area contributed by atoms with Crippen LogP contribution in [0.1, 0.15) is 47.4 Å². The molecule has 0 radical (unpaired) electrons. The molecule has 2 N–H and O–H groups in total. The fraction of sp³-hybridized carbons (Fsp3) is 0.281. The van der Waals surface area contributed by atoms with Crippen LogP contribution in [0.5, 0.6) is 17.2 Å². The van der Waals surface area contributed by atoms with Crippen LogP contribution in [0.15, 0.2) is 79.0 Å². The Kier molecular flexibility index (Phi) is 10.1. The van der Waals surface area contributed by atoms with Crippen LogP contribution in [0.25, 0.3) is 10.8 Å². The molecule has 0 bridgehead atoms. The molecule has 1 aromatic heterocycles. The van der Waals surface area contributed by atoms with Gasteiger partial charge in [0.05, 0.1) is 0 Å². The number of fused-ring (bicyclic) bond motifs is 1. The molecule has 3 aromatic carbocycles. The molecule has 0 atom stereocenters. The third-order valence-electron chi connectivity index (χ3n) is 6.52. The maximum atomic E-state index is 12.8. The number of likely N-dealkylation sites (tertiary alicyclic amines) is 1. The van der Waals surface area contributed by atoms with Crippen molar-refractivity contribution in [1.82, 2.24) is 15.2 Å². The quantitative estimate of drug-likeness (QED) is 0.265. The monoisotopic (exact) mass is 540 g/mol. The average Bonchev–Trinajstić information content (AvgIpc) is 3.51. The summed E-state index contributed by atoms with van der Waals surface area (Å²) in [5, 5.41) is 7.20. The molecule has 0 spiro atoms. The first-order valence-electron chi connectivity index (χ1n) is 13.7. The van der Waals surface area contributed by atoms with Gasteiger partial charge in [-0.2, -0.15) is 0 Å². The van der Waals surface area contributed by atoms with Crippen LogP contribution in [-0.2, 0) is 0 Å². The molecule has 8 heteroatoms. The highest BCUT2D eigenvalue weighted by atomic mass is 16.5. The SMILES string of the molecule is CC.CNC(=O)c1cccc2cc(Oc3ccnc(NC(=O)c4ccc(OCCN5CCCC5)cc4)c3)ccc12. The van der Waals surface area contributed by atoms with Crippen molar-refractivity contribution in [2.75, 3.05) is 38.6 Å². The van der Waals surface area contributed by atoms with Gasteiger partial charge in [0.2, 0.25) is 0 Å². The number of amides is 2. The maximum Gasteiger partial charge on any atom is 0.256 e. The summed E-state index contributed by atoms with van der Waals surface area (Å²) in [4.78, 5) is 31.6. The van der Waals surface area contributed by atoms with E-state index < -0.39 is 0 Å². The molecular formula is C32H36N4O4. The predicted molar refractivity (Wildman–Crippen MR) is 159 cm³/mol. The number of benzene rings is 3. The van der Waals surface area contributed by atoms with Gasteiger partial charge in [-0.05, 0) is 91.3 Å². The summed E-state index contributed by atoms with van der Waals surface area (Å²) in [5.74, 6) is 1.84. The van der Waals surface area contributed by atoms with Crippen molar-refractivity contribution in [1.29, 1.82) is 0 Å². The van der Waals surface area contributed by atoms with Gasteiger partial charge in [0.25, 0.3) is 11.8 Å². The average molecular weight is 541 g/mol. The van der Waals surface area contributed by atoms with E-state index in [1.54, 1.807) is 55.7 Å². The second kappa shape index (κ2) is 14.1. The molecule has 4 aromatic rings. The molecule has 8 nitrogen and oxygen atoms in total. The van der Waals surface area contributed by atoms with E-state index in [9.17, 15) is 9.59 Å². The minimum absolute atomic E-state index is 0.140. The highest BCUT2D eigenvalue weighted by Gasteiger charge is 2.12. The van der Waals surface area contributed by atoms with Crippen molar-refractivity contribution in [3.05, 3.63) is 90.1 Å². The lowest BCUT2D eigenvalue weighted by Crippen LogP contribution is -2.25. The summed E-state index contributed by atoms with van der Waals surface area (Å²) in [5.41, 5.74) is 1.11. The molecule has 1 fully saturated rings. The smallest absolute Gasteiger partial charge is 0.256 e. The summed E-state index contributed by atoms with van der Waals surface area (Å²) < 4.78 is 11.8. The number of ether oxygens (including phenoxy) is 2. The van der Waals surface area contributed by atoms with Gasteiger partial charge in [-0.3, -0.25) is 14.5 Å². The number of hydrogen-bond donors (Lipinski definition) is 2. The van der Waals surface area contributed by atoms with Crippen LogP contribution >= 0.6 is 0 Å². The van der Waals surface area contributed by atoms with Crippen LogP contribution in [-0.4, -0.2) is 55.0 Å². The molecule has 0 aliphatic carbocycles. The standard InChI is InChI=1S/C30H30N4O4.C2H6/c1-31-30(36)27-6-4-5-22-19-24(11-12-26(22)27)38-25-13-14-32-28(20-25)33-29(35)21-7-9-23(10-8-21)37-18-17-34-15-2-3-16-34;1-2/h4-14,19-20H,2-3,15-18H2,1H3,(H,31,36)(H,32,33,35);1-2H3. The van der Waals surface area contributed by atoms with Crippen molar-refractivity contribution in [3.63, 3.8) is 0 Å². The van der Waals surface area contributed by atoms with E-state index in [1.165, 1.54) is 12.8 Å². The minimum Gasteiger partial charge on any atom is -0.492 e. The molecule has 40 heavy (non-hydrogen) atoms. The van der Waals surface area contributed by atoms with Gasteiger partial charge in [-0.15, -0.1) is 0 Å². The van der Waals surface area contributed by atoms with Crippen molar-refractivity contribution in [2.45, 2.75) is 26.7 Å². The number of carbonyl (C=O) groups is 2. The predicted octanol–water partition coefficient (Wildman–Crippen LogP) is 6.14. The summed E-state index contributed by atoms with van der Waals surface area (Å²) in [6.07, 6.45) is 4.10. The normalized spacial score (nSPS) is 12.8. The lowest BCUT2D eigenvalue weighted by Gasteiger charge is -2.15. The highest BCUT2D eigenvalue weighted by molar-refractivity contribution is 6.07. The van der Waals surface area contributed by atoms with Gasteiger partial charge in [-0.1, -0.05) is 26.0 Å². The van der Waals surface area contributed by atoms with E-state index in [0.29, 0.717) is 35.1 Å². The van der Waals surface area contributed by atoms with E-state index in [4.69, 9.17) is 9.47 Å². The zero-order chi connectivity index (χ0) is 28.3. The molecule has 1 aliphatic heterocycles. The van der Waals surface area contributed by atoms with Gasteiger partial charge in [0, 0.05) is 37.0 Å². The number of carbonyl (C=O) groups excluding carboxylic acids is 2. The Bertz CT molecular complexity index is 1430. The Labute approximate surface area is 235 Å². The molecule has 208 valence electrons. The molecule has 1 saturated heterocycles. The lowest BCUT2D eigenvalue weighted by molar-refractivity contribution is 0.0963. The second-order valence-electron chi connectivity index (χ2n) is 9.12. The highest BCUT2D eigenvalue weighted by Crippen LogP contribution is 2.28. The van der Waals surface area contributed by atoms with Gasteiger partial charge in [0.1, 0.15) is 29.7 Å². The van der Waals surface area contributed by atoms with Gasteiger partial charge in [-0.25, -0.2) is 4.98 Å². The van der Waals surface area contributed by atoms with Crippen LogP contribution in [0.3, 0.4) is 0 Å². The fourth-order valence-electron chi connectivity index (χ4n) is 4.53. The second-order valence-corrected chi connectivity index (χ2v) is 9.12. The van der Waals surface area contributed by atoms with Crippen LogP contribution in [0, 0.1) is 0 Å². The molecule has 2 amide bonds. The van der Waals surface area contributed by atoms with E-state index in [1.807, 2.05) is 44.2 Å². The molecular weight excluding hydrogens is 504 g/mol. The number of rotatable bonds is 9. The molecule has 0 unspecified atom stereocenters. The van der Waals surface area contributed by atoms with E-state index in [-0.39, 0.29) is 11.8 Å². The third kappa shape index (κ3) is 7.36. The number of anilines is 1. The summed E-state index contributed by atoms with van der Waals surface area (Å²) in [7, 11) is 1.61.